The molecule has 0 N–H and O–H groups in total. The number of carbonyl (C=O) groups is 1. The van der Waals surface area contributed by atoms with E-state index < -0.39 is 0 Å². The zero-order valence-corrected chi connectivity index (χ0v) is 12.4. The zero-order chi connectivity index (χ0) is 13.2. The molecule has 0 radical (unpaired) electrons. The van der Waals surface area contributed by atoms with E-state index in [2.05, 4.69) is 32.6 Å². The van der Waals surface area contributed by atoms with Crippen LogP contribution in [0.2, 0.25) is 0 Å². The van der Waals surface area contributed by atoms with E-state index in [9.17, 15) is 4.79 Å². The summed E-state index contributed by atoms with van der Waals surface area (Å²) in [4.78, 5) is 22.6. The fraction of sp³-hybridized carbons (Fsp3) is 0.214. The summed E-state index contributed by atoms with van der Waals surface area (Å²) >= 11 is 2.22. The molecule has 0 bridgehead atoms. The van der Waals surface area contributed by atoms with Crippen LogP contribution in [0.25, 0.3) is 0 Å². The minimum Gasteiger partial charge on any atom is -0.334 e. The Morgan fingerprint density at radius 1 is 1.37 bits per heavy atom. The first-order valence-corrected chi connectivity index (χ1v) is 7.14. The first kappa shape index (κ1) is 12.5. The molecule has 2 aromatic rings. The molecule has 1 amide bonds. The maximum Gasteiger partial charge on any atom is 0.254 e. The molecule has 0 aliphatic carbocycles. The quantitative estimate of drug-likeness (QED) is 0.729. The Hall–Kier alpha value is -1.50. The number of hydrogen-bond acceptors (Lipinski definition) is 3. The van der Waals surface area contributed by atoms with Gasteiger partial charge >= 0.3 is 0 Å². The van der Waals surface area contributed by atoms with Crippen molar-refractivity contribution in [2.75, 3.05) is 6.54 Å². The molecule has 0 saturated heterocycles. The number of hydrogen-bond donors (Lipinski definition) is 0. The standard InChI is InChI=1S/C14H12IN3O/c15-12-3-1-2-10(6-12)14(19)18-5-4-13-11(8-18)7-16-9-17-13/h1-3,6-7,9H,4-5,8H2. The van der Waals surface area contributed by atoms with Crippen molar-refractivity contribution in [3.63, 3.8) is 0 Å². The predicted octanol–water partition coefficient (Wildman–Crippen LogP) is 2.28. The Bertz CT molecular complexity index is 630. The number of benzene rings is 1. The summed E-state index contributed by atoms with van der Waals surface area (Å²) in [5.41, 5.74) is 2.85. The Morgan fingerprint density at radius 3 is 3.11 bits per heavy atom. The van der Waals surface area contributed by atoms with Crippen molar-refractivity contribution in [3.8, 4) is 0 Å². The summed E-state index contributed by atoms with van der Waals surface area (Å²) in [7, 11) is 0. The van der Waals surface area contributed by atoms with E-state index in [1.807, 2.05) is 29.2 Å². The second-order valence-corrected chi connectivity index (χ2v) is 5.73. The van der Waals surface area contributed by atoms with E-state index >= 15 is 0 Å². The molecule has 0 spiro atoms. The highest BCUT2D eigenvalue weighted by molar-refractivity contribution is 14.1. The van der Waals surface area contributed by atoms with Gasteiger partial charge in [-0.15, -0.1) is 0 Å². The molecule has 0 unspecified atom stereocenters. The van der Waals surface area contributed by atoms with Gasteiger partial charge in [0.1, 0.15) is 6.33 Å². The van der Waals surface area contributed by atoms with E-state index in [1.54, 1.807) is 12.5 Å². The van der Waals surface area contributed by atoms with Gasteiger partial charge in [-0.1, -0.05) is 6.07 Å². The van der Waals surface area contributed by atoms with Crippen LogP contribution in [0.3, 0.4) is 0 Å². The van der Waals surface area contributed by atoms with Crippen LogP contribution in [0.4, 0.5) is 0 Å². The Labute approximate surface area is 125 Å². The molecule has 2 heterocycles. The summed E-state index contributed by atoms with van der Waals surface area (Å²) in [6.45, 7) is 1.31. The van der Waals surface area contributed by atoms with Crippen molar-refractivity contribution in [2.45, 2.75) is 13.0 Å². The molecule has 4 nitrogen and oxygen atoms in total. The molecule has 96 valence electrons. The van der Waals surface area contributed by atoms with E-state index in [4.69, 9.17) is 0 Å². The van der Waals surface area contributed by atoms with Gasteiger partial charge in [0.2, 0.25) is 0 Å². The topological polar surface area (TPSA) is 46.1 Å². The molecule has 0 saturated carbocycles. The Morgan fingerprint density at radius 2 is 2.26 bits per heavy atom. The summed E-state index contributed by atoms with van der Waals surface area (Å²) in [5, 5.41) is 0. The highest BCUT2D eigenvalue weighted by Gasteiger charge is 2.22. The molecule has 3 rings (SSSR count). The molecule has 1 aliphatic heterocycles. The number of rotatable bonds is 1. The lowest BCUT2D eigenvalue weighted by atomic mass is 10.1. The Kier molecular flexibility index (Phi) is 3.46. The average molecular weight is 365 g/mol. The van der Waals surface area contributed by atoms with E-state index in [0.717, 1.165) is 26.8 Å². The van der Waals surface area contributed by atoms with Crippen molar-refractivity contribution in [1.29, 1.82) is 0 Å². The highest BCUT2D eigenvalue weighted by atomic mass is 127. The third-order valence-corrected chi connectivity index (χ3v) is 3.89. The van der Waals surface area contributed by atoms with Crippen molar-refractivity contribution in [1.82, 2.24) is 14.9 Å². The van der Waals surface area contributed by atoms with Crippen LogP contribution < -0.4 is 0 Å². The Balaban J connectivity index is 1.83. The van der Waals surface area contributed by atoms with Gasteiger partial charge in [-0.2, -0.15) is 0 Å². The maximum absolute atomic E-state index is 12.4. The minimum absolute atomic E-state index is 0.0769. The van der Waals surface area contributed by atoms with Crippen LogP contribution in [0.15, 0.2) is 36.8 Å². The van der Waals surface area contributed by atoms with Crippen molar-refractivity contribution < 1.29 is 4.79 Å². The minimum atomic E-state index is 0.0769. The van der Waals surface area contributed by atoms with Gasteiger partial charge in [0.25, 0.3) is 5.91 Å². The zero-order valence-electron chi connectivity index (χ0n) is 10.2. The second kappa shape index (κ2) is 5.24. The average Bonchev–Trinajstić information content (AvgIpc) is 2.46. The number of fused-ring (bicyclic) bond motifs is 1. The molecular weight excluding hydrogens is 353 g/mol. The fourth-order valence-corrected chi connectivity index (χ4v) is 2.79. The lowest BCUT2D eigenvalue weighted by Crippen LogP contribution is -2.36. The smallest absolute Gasteiger partial charge is 0.254 e. The first-order valence-electron chi connectivity index (χ1n) is 6.06. The fourth-order valence-electron chi connectivity index (χ4n) is 2.24. The van der Waals surface area contributed by atoms with Gasteiger partial charge in [-0.3, -0.25) is 4.79 Å². The molecule has 5 heteroatoms. The third-order valence-electron chi connectivity index (χ3n) is 3.22. The largest absolute Gasteiger partial charge is 0.334 e. The SMILES string of the molecule is O=C(c1cccc(I)c1)N1CCc2ncncc2C1. The molecule has 0 atom stereocenters. The van der Waals surface area contributed by atoms with Crippen LogP contribution in [-0.2, 0) is 13.0 Å². The van der Waals surface area contributed by atoms with Gasteiger partial charge in [-0.25, -0.2) is 9.97 Å². The molecule has 1 aliphatic rings. The van der Waals surface area contributed by atoms with Crippen molar-refractivity contribution >= 4 is 28.5 Å². The monoisotopic (exact) mass is 365 g/mol. The van der Waals surface area contributed by atoms with Gasteiger partial charge in [0.05, 0.1) is 5.69 Å². The van der Waals surface area contributed by atoms with Crippen molar-refractivity contribution in [2.24, 2.45) is 0 Å². The third kappa shape index (κ3) is 2.60. The number of amides is 1. The summed E-state index contributed by atoms with van der Waals surface area (Å²) < 4.78 is 1.07. The number of carbonyl (C=O) groups excluding carboxylic acids is 1. The van der Waals surface area contributed by atoms with Crippen LogP contribution >= 0.6 is 22.6 Å². The summed E-state index contributed by atoms with van der Waals surface area (Å²) in [6.07, 6.45) is 4.17. The molecule has 1 aromatic carbocycles. The van der Waals surface area contributed by atoms with Gasteiger partial charge in [0.15, 0.2) is 0 Å². The molecule has 1 aromatic heterocycles. The van der Waals surface area contributed by atoms with Gasteiger partial charge in [-0.05, 0) is 40.8 Å². The number of aromatic nitrogens is 2. The number of halogens is 1. The predicted molar refractivity (Wildman–Crippen MR) is 79.6 cm³/mol. The van der Waals surface area contributed by atoms with Crippen LogP contribution in [-0.4, -0.2) is 27.3 Å². The summed E-state index contributed by atoms with van der Waals surface area (Å²) in [5.74, 6) is 0.0769. The lowest BCUT2D eigenvalue weighted by molar-refractivity contribution is 0.0733. The van der Waals surface area contributed by atoms with Gasteiger partial charge < -0.3 is 4.90 Å². The van der Waals surface area contributed by atoms with E-state index in [0.29, 0.717) is 13.1 Å². The van der Waals surface area contributed by atoms with E-state index in [-0.39, 0.29) is 5.91 Å². The molecular formula is C14H12IN3O. The highest BCUT2D eigenvalue weighted by Crippen LogP contribution is 2.18. The molecule has 19 heavy (non-hydrogen) atoms. The lowest BCUT2D eigenvalue weighted by Gasteiger charge is -2.27. The van der Waals surface area contributed by atoms with E-state index in [1.165, 1.54) is 0 Å². The summed E-state index contributed by atoms with van der Waals surface area (Å²) in [6, 6.07) is 7.67. The van der Waals surface area contributed by atoms with Crippen LogP contribution in [0.1, 0.15) is 21.6 Å². The number of nitrogens with zero attached hydrogens (tertiary/aromatic N) is 3. The first-order chi connectivity index (χ1) is 9.24. The van der Waals surface area contributed by atoms with Crippen LogP contribution in [0, 0.1) is 3.57 Å². The van der Waals surface area contributed by atoms with Gasteiger partial charge in [0, 0.05) is 40.4 Å². The normalized spacial score (nSPS) is 14.1. The maximum atomic E-state index is 12.4. The molecule has 0 fully saturated rings. The second-order valence-electron chi connectivity index (χ2n) is 4.48. The van der Waals surface area contributed by atoms with Crippen LogP contribution in [0.5, 0.6) is 0 Å². The van der Waals surface area contributed by atoms with Crippen molar-refractivity contribution in [3.05, 3.63) is 57.2 Å².